The summed E-state index contributed by atoms with van der Waals surface area (Å²) in [5.74, 6) is 0.474. The van der Waals surface area contributed by atoms with Crippen LogP contribution in [0.25, 0.3) is 0 Å². The number of amides is 1. The van der Waals surface area contributed by atoms with Gasteiger partial charge in [0.2, 0.25) is 5.96 Å². The van der Waals surface area contributed by atoms with Crippen LogP contribution >= 0.6 is 0 Å². The molecule has 0 saturated heterocycles. The number of guanidine groups is 1. The molecule has 2 aromatic carbocycles. The molecule has 1 amide bonds. The summed E-state index contributed by atoms with van der Waals surface area (Å²) in [6, 6.07) is 19.7. The summed E-state index contributed by atoms with van der Waals surface area (Å²) < 4.78 is 0. The van der Waals surface area contributed by atoms with E-state index in [4.69, 9.17) is 4.99 Å². The van der Waals surface area contributed by atoms with Crippen LogP contribution in [0.5, 0.6) is 0 Å². The molecular formula is C21H27N3O. The number of carbonyl (C=O) groups excluding carboxylic acids is 1. The van der Waals surface area contributed by atoms with E-state index in [9.17, 15) is 4.79 Å². The highest BCUT2D eigenvalue weighted by atomic mass is 16.1. The predicted molar refractivity (Wildman–Crippen MR) is 104 cm³/mol. The Labute approximate surface area is 150 Å². The minimum atomic E-state index is -0.140. The topological polar surface area (TPSA) is 44.7 Å². The number of nitrogens with one attached hydrogen (secondary N) is 1. The fraction of sp³-hybridized carbons (Fsp3) is 0.333. The number of benzene rings is 2. The van der Waals surface area contributed by atoms with Crippen LogP contribution < -0.4 is 5.32 Å². The summed E-state index contributed by atoms with van der Waals surface area (Å²) in [5.41, 5.74) is 1.74. The van der Waals surface area contributed by atoms with Crippen LogP contribution in [0.3, 0.4) is 0 Å². The lowest BCUT2D eigenvalue weighted by atomic mass is 10.2. The zero-order chi connectivity index (χ0) is 18.2. The molecule has 2 aromatic rings. The number of nitrogens with zero attached hydrogens (tertiary/aromatic N) is 2. The molecule has 4 nitrogen and oxygen atoms in total. The number of rotatable bonds is 5. The molecular weight excluding hydrogens is 310 g/mol. The third kappa shape index (κ3) is 5.45. The van der Waals surface area contributed by atoms with Gasteiger partial charge in [0, 0.05) is 17.6 Å². The molecule has 0 saturated carbocycles. The number of carbonyl (C=O) groups is 1. The molecule has 0 atom stereocenters. The van der Waals surface area contributed by atoms with Crippen LogP contribution in [-0.4, -0.2) is 28.9 Å². The molecule has 0 heterocycles. The Bertz CT molecular complexity index is 686. The predicted octanol–water partition coefficient (Wildman–Crippen LogP) is 4.09. The van der Waals surface area contributed by atoms with Crippen molar-refractivity contribution in [3.63, 3.8) is 0 Å². The first kappa shape index (κ1) is 18.7. The Morgan fingerprint density at radius 1 is 0.920 bits per heavy atom. The SMILES string of the molecule is CC(C)N(C(=NCc1ccccc1)NC(=O)c1ccccc1)C(C)C. The maximum absolute atomic E-state index is 12.6. The van der Waals surface area contributed by atoms with E-state index in [1.165, 1.54) is 0 Å². The third-order valence-corrected chi connectivity index (χ3v) is 3.87. The number of aliphatic imine (C=N–C) groups is 1. The lowest BCUT2D eigenvalue weighted by Gasteiger charge is -2.33. The van der Waals surface area contributed by atoms with E-state index in [1.807, 2.05) is 48.5 Å². The van der Waals surface area contributed by atoms with Crippen molar-refractivity contribution in [1.29, 1.82) is 0 Å². The fourth-order valence-electron chi connectivity index (χ4n) is 2.78. The van der Waals surface area contributed by atoms with E-state index in [0.717, 1.165) is 5.56 Å². The summed E-state index contributed by atoms with van der Waals surface area (Å²) in [7, 11) is 0. The zero-order valence-corrected chi connectivity index (χ0v) is 15.4. The standard InChI is InChI=1S/C21H27N3O/c1-16(2)24(17(3)4)21(22-15-18-11-7-5-8-12-18)23-20(25)19-13-9-6-10-14-19/h5-14,16-17H,15H2,1-4H3,(H,22,23,25). The number of hydrogen-bond donors (Lipinski definition) is 1. The van der Waals surface area contributed by atoms with Gasteiger partial charge in [0.15, 0.2) is 0 Å². The summed E-state index contributed by atoms with van der Waals surface area (Å²) in [4.78, 5) is 19.4. The fourth-order valence-corrected chi connectivity index (χ4v) is 2.78. The molecule has 1 N–H and O–H groups in total. The second-order valence-electron chi connectivity index (χ2n) is 6.54. The van der Waals surface area contributed by atoms with Crippen LogP contribution in [0, 0.1) is 0 Å². The van der Waals surface area contributed by atoms with Gasteiger partial charge in [0.1, 0.15) is 0 Å². The van der Waals surface area contributed by atoms with Gasteiger partial charge in [0.05, 0.1) is 6.54 Å². The molecule has 0 aromatic heterocycles. The second-order valence-corrected chi connectivity index (χ2v) is 6.54. The minimum absolute atomic E-state index is 0.140. The van der Waals surface area contributed by atoms with E-state index >= 15 is 0 Å². The van der Waals surface area contributed by atoms with Gasteiger partial charge in [-0.15, -0.1) is 0 Å². The lowest BCUT2D eigenvalue weighted by molar-refractivity contribution is 0.0969. The van der Waals surface area contributed by atoms with E-state index in [2.05, 4.69) is 37.9 Å². The molecule has 2 rings (SSSR count). The van der Waals surface area contributed by atoms with Gasteiger partial charge in [-0.05, 0) is 45.4 Å². The zero-order valence-electron chi connectivity index (χ0n) is 15.4. The molecule has 132 valence electrons. The van der Waals surface area contributed by atoms with Crippen LogP contribution in [0.1, 0.15) is 43.6 Å². The molecule has 0 aliphatic heterocycles. The van der Waals surface area contributed by atoms with Gasteiger partial charge in [-0.2, -0.15) is 0 Å². The van der Waals surface area contributed by atoms with Crippen molar-refractivity contribution >= 4 is 11.9 Å². The van der Waals surface area contributed by atoms with E-state index in [-0.39, 0.29) is 18.0 Å². The largest absolute Gasteiger partial charge is 0.338 e. The molecule has 0 fully saturated rings. The van der Waals surface area contributed by atoms with Gasteiger partial charge < -0.3 is 4.90 Å². The first-order valence-corrected chi connectivity index (χ1v) is 8.72. The van der Waals surface area contributed by atoms with Crippen molar-refractivity contribution in [2.45, 2.75) is 46.3 Å². The summed E-state index contributed by atoms with van der Waals surface area (Å²) >= 11 is 0. The van der Waals surface area contributed by atoms with Crippen LogP contribution in [0.2, 0.25) is 0 Å². The lowest BCUT2D eigenvalue weighted by Crippen LogP contribution is -2.50. The molecule has 0 aliphatic rings. The van der Waals surface area contributed by atoms with Crippen LogP contribution in [-0.2, 0) is 6.54 Å². The molecule has 0 aliphatic carbocycles. The highest BCUT2D eigenvalue weighted by Crippen LogP contribution is 2.09. The maximum Gasteiger partial charge on any atom is 0.257 e. The van der Waals surface area contributed by atoms with Gasteiger partial charge in [-0.1, -0.05) is 48.5 Å². The van der Waals surface area contributed by atoms with Gasteiger partial charge >= 0.3 is 0 Å². The number of hydrogen-bond acceptors (Lipinski definition) is 2. The van der Waals surface area contributed by atoms with Crippen molar-refractivity contribution in [2.75, 3.05) is 0 Å². The van der Waals surface area contributed by atoms with Gasteiger partial charge in [-0.25, -0.2) is 4.99 Å². The highest BCUT2D eigenvalue weighted by molar-refractivity contribution is 6.05. The molecule has 0 spiro atoms. The van der Waals surface area contributed by atoms with Crippen molar-refractivity contribution in [3.05, 3.63) is 71.8 Å². The van der Waals surface area contributed by atoms with Crippen molar-refractivity contribution in [2.24, 2.45) is 4.99 Å². The average molecular weight is 337 g/mol. The normalized spacial score (nSPS) is 11.7. The smallest absolute Gasteiger partial charge is 0.257 e. The summed E-state index contributed by atoms with van der Waals surface area (Å²) in [5, 5.41) is 3.00. The van der Waals surface area contributed by atoms with E-state index in [1.54, 1.807) is 12.1 Å². The highest BCUT2D eigenvalue weighted by Gasteiger charge is 2.20. The molecule has 0 bridgehead atoms. The van der Waals surface area contributed by atoms with E-state index < -0.39 is 0 Å². The van der Waals surface area contributed by atoms with Crippen molar-refractivity contribution in [3.8, 4) is 0 Å². The van der Waals surface area contributed by atoms with E-state index in [0.29, 0.717) is 18.1 Å². The Kier molecular flexibility index (Phi) is 6.75. The van der Waals surface area contributed by atoms with Crippen molar-refractivity contribution in [1.82, 2.24) is 10.2 Å². The quantitative estimate of drug-likeness (QED) is 0.660. The maximum atomic E-state index is 12.6. The van der Waals surface area contributed by atoms with Crippen LogP contribution in [0.15, 0.2) is 65.7 Å². The second kappa shape index (κ2) is 9.02. The van der Waals surface area contributed by atoms with Gasteiger partial charge in [-0.3, -0.25) is 10.1 Å². The van der Waals surface area contributed by atoms with Gasteiger partial charge in [0.25, 0.3) is 5.91 Å². The monoisotopic (exact) mass is 337 g/mol. The molecule has 25 heavy (non-hydrogen) atoms. The Hall–Kier alpha value is -2.62. The first-order valence-electron chi connectivity index (χ1n) is 8.72. The first-order chi connectivity index (χ1) is 12.0. The third-order valence-electron chi connectivity index (χ3n) is 3.87. The van der Waals surface area contributed by atoms with Crippen molar-refractivity contribution < 1.29 is 4.79 Å². The Balaban J connectivity index is 2.26. The molecule has 4 heteroatoms. The molecule has 0 radical (unpaired) electrons. The average Bonchev–Trinajstić information content (AvgIpc) is 2.60. The minimum Gasteiger partial charge on any atom is -0.338 e. The molecule has 0 unspecified atom stereocenters. The Morgan fingerprint density at radius 2 is 1.44 bits per heavy atom. The summed E-state index contributed by atoms with van der Waals surface area (Å²) in [6.45, 7) is 8.94. The Morgan fingerprint density at radius 3 is 1.96 bits per heavy atom. The van der Waals surface area contributed by atoms with Crippen LogP contribution in [0.4, 0.5) is 0 Å². The summed E-state index contributed by atoms with van der Waals surface area (Å²) in [6.07, 6.45) is 0.